The smallest absolute Gasteiger partial charge is 0.0140 e. The van der Waals surface area contributed by atoms with Crippen LogP contribution in [0.4, 0.5) is 0 Å². The van der Waals surface area contributed by atoms with Crippen molar-refractivity contribution in [1.29, 1.82) is 0 Å². The summed E-state index contributed by atoms with van der Waals surface area (Å²) >= 11 is 1.81. The Morgan fingerprint density at radius 2 is 2.00 bits per heavy atom. The van der Waals surface area contributed by atoms with E-state index in [0.717, 1.165) is 0 Å². The number of thioether (sulfide) groups is 1. The summed E-state index contributed by atoms with van der Waals surface area (Å²) in [6.07, 6.45) is 4.37. The van der Waals surface area contributed by atoms with E-state index < -0.39 is 0 Å². The lowest BCUT2D eigenvalue weighted by Gasteiger charge is -1.96. The predicted molar refractivity (Wildman–Crippen MR) is 42.1 cm³/mol. The first-order chi connectivity index (χ1) is 3.66. The average molecular weight is 130 g/mol. The highest BCUT2D eigenvalue weighted by Crippen LogP contribution is 2.12. The molecule has 0 amide bonds. The Hall–Kier alpha value is 0.0900. The molecule has 1 heteroatoms. The molecule has 0 unspecified atom stereocenters. The van der Waals surface area contributed by atoms with Gasteiger partial charge in [-0.05, 0) is 24.0 Å². The zero-order valence-corrected chi connectivity index (χ0v) is 6.88. The fourth-order valence-electron chi connectivity index (χ4n) is 0.537. The minimum absolute atomic E-state index is 0.697. The summed E-state index contributed by atoms with van der Waals surface area (Å²) in [4.78, 5) is 1.42. The van der Waals surface area contributed by atoms with E-state index in [0.29, 0.717) is 5.92 Å². The van der Waals surface area contributed by atoms with Gasteiger partial charge >= 0.3 is 0 Å². The van der Waals surface area contributed by atoms with Crippen LogP contribution in [0.2, 0.25) is 0 Å². The molecule has 48 valence electrons. The molecule has 0 aromatic carbocycles. The van der Waals surface area contributed by atoms with Gasteiger partial charge in [0.1, 0.15) is 0 Å². The van der Waals surface area contributed by atoms with Gasteiger partial charge in [-0.2, -0.15) is 0 Å². The second-order valence-electron chi connectivity index (χ2n) is 2.23. The van der Waals surface area contributed by atoms with E-state index in [1.54, 1.807) is 0 Å². The van der Waals surface area contributed by atoms with Crippen molar-refractivity contribution in [2.24, 2.45) is 5.92 Å². The van der Waals surface area contributed by atoms with Crippen molar-refractivity contribution in [2.75, 3.05) is 6.26 Å². The van der Waals surface area contributed by atoms with Crippen molar-refractivity contribution in [3.05, 3.63) is 11.0 Å². The highest BCUT2D eigenvalue weighted by molar-refractivity contribution is 8.02. The minimum Gasteiger partial charge on any atom is -0.135 e. The molecule has 0 atom stereocenters. The van der Waals surface area contributed by atoms with Gasteiger partial charge in [-0.3, -0.25) is 0 Å². The van der Waals surface area contributed by atoms with E-state index in [1.807, 2.05) is 11.8 Å². The Bertz CT molecular complexity index is 82.4. The molecule has 0 aliphatic rings. The van der Waals surface area contributed by atoms with E-state index in [9.17, 15) is 0 Å². The van der Waals surface area contributed by atoms with Gasteiger partial charge in [0.15, 0.2) is 0 Å². The van der Waals surface area contributed by atoms with Gasteiger partial charge < -0.3 is 0 Å². The second kappa shape index (κ2) is 4.02. The van der Waals surface area contributed by atoms with Gasteiger partial charge in [0.25, 0.3) is 0 Å². The molecule has 0 saturated carbocycles. The van der Waals surface area contributed by atoms with Crippen LogP contribution < -0.4 is 0 Å². The highest BCUT2D eigenvalue weighted by atomic mass is 32.2. The quantitative estimate of drug-likeness (QED) is 0.554. The summed E-state index contributed by atoms with van der Waals surface area (Å²) in [6, 6.07) is 0. The molecular weight excluding hydrogens is 116 g/mol. The molecule has 0 heterocycles. The topological polar surface area (TPSA) is 0 Å². The number of rotatable bonds is 2. The summed E-state index contributed by atoms with van der Waals surface area (Å²) in [5, 5.41) is 0. The maximum Gasteiger partial charge on any atom is -0.0140 e. The van der Waals surface area contributed by atoms with Crippen molar-refractivity contribution in [3.8, 4) is 0 Å². The van der Waals surface area contributed by atoms with Crippen LogP contribution in [0, 0.1) is 5.92 Å². The van der Waals surface area contributed by atoms with Gasteiger partial charge in [-0.15, -0.1) is 11.8 Å². The van der Waals surface area contributed by atoms with Crippen LogP contribution in [0.1, 0.15) is 20.8 Å². The molecule has 8 heavy (non-hydrogen) atoms. The molecule has 0 fully saturated rings. The van der Waals surface area contributed by atoms with Crippen molar-refractivity contribution >= 4 is 11.8 Å². The molecule has 0 spiro atoms. The average Bonchev–Trinajstić information content (AvgIpc) is 1.65. The van der Waals surface area contributed by atoms with Crippen molar-refractivity contribution in [1.82, 2.24) is 0 Å². The van der Waals surface area contributed by atoms with Gasteiger partial charge in [-0.1, -0.05) is 19.9 Å². The Kier molecular flexibility index (Phi) is 4.06. The van der Waals surface area contributed by atoms with Gasteiger partial charge in [-0.25, -0.2) is 0 Å². The van der Waals surface area contributed by atoms with Crippen molar-refractivity contribution < 1.29 is 0 Å². The summed E-state index contributed by atoms with van der Waals surface area (Å²) in [7, 11) is 0. The third kappa shape index (κ3) is 4.25. The molecule has 0 aromatic rings. The molecule has 0 saturated heterocycles. The predicted octanol–water partition coefficient (Wildman–Crippen LogP) is 2.91. The fourth-order valence-corrected chi connectivity index (χ4v) is 0.946. The van der Waals surface area contributed by atoms with Crippen molar-refractivity contribution in [2.45, 2.75) is 20.8 Å². The second-order valence-corrected chi connectivity index (χ2v) is 3.28. The zero-order chi connectivity index (χ0) is 6.57. The Balaban J connectivity index is 3.56. The minimum atomic E-state index is 0.697. The first-order valence-corrected chi connectivity index (χ1v) is 4.11. The standard InChI is InChI=1S/C7H14S/c1-6(2)5-7(3)8-4/h5-6H,1-4H3/b7-5+. The first-order valence-electron chi connectivity index (χ1n) is 2.89. The largest absolute Gasteiger partial charge is 0.135 e. The highest BCUT2D eigenvalue weighted by Gasteiger charge is 1.86. The molecular formula is C7H14S. The van der Waals surface area contributed by atoms with E-state index in [2.05, 4.69) is 33.1 Å². The number of allylic oxidation sites excluding steroid dienone is 2. The van der Waals surface area contributed by atoms with E-state index in [1.165, 1.54) is 4.91 Å². The van der Waals surface area contributed by atoms with Crippen LogP contribution in [0.25, 0.3) is 0 Å². The lowest BCUT2D eigenvalue weighted by molar-refractivity contribution is 0.828. The fraction of sp³-hybridized carbons (Fsp3) is 0.714. The van der Waals surface area contributed by atoms with E-state index in [-0.39, 0.29) is 0 Å². The Morgan fingerprint density at radius 3 is 2.12 bits per heavy atom. The Morgan fingerprint density at radius 1 is 1.50 bits per heavy atom. The summed E-state index contributed by atoms with van der Waals surface area (Å²) in [5.41, 5.74) is 0. The lowest BCUT2D eigenvalue weighted by atomic mass is 10.2. The SMILES string of the molecule is CS/C(C)=C/C(C)C. The molecule has 0 radical (unpaired) electrons. The summed E-state index contributed by atoms with van der Waals surface area (Å²) < 4.78 is 0. The van der Waals surface area contributed by atoms with E-state index in [4.69, 9.17) is 0 Å². The summed E-state index contributed by atoms with van der Waals surface area (Å²) in [6.45, 7) is 6.53. The number of hydrogen-bond acceptors (Lipinski definition) is 1. The molecule has 0 aromatic heterocycles. The molecule has 0 nitrogen and oxygen atoms in total. The number of hydrogen-bond donors (Lipinski definition) is 0. The van der Waals surface area contributed by atoms with Crippen LogP contribution in [0.5, 0.6) is 0 Å². The van der Waals surface area contributed by atoms with Gasteiger partial charge in [0, 0.05) is 0 Å². The monoisotopic (exact) mass is 130 g/mol. The van der Waals surface area contributed by atoms with Crippen LogP contribution in [-0.2, 0) is 0 Å². The molecule has 0 bridgehead atoms. The molecule has 0 aliphatic carbocycles. The van der Waals surface area contributed by atoms with Crippen LogP contribution >= 0.6 is 11.8 Å². The molecule has 0 N–H and O–H groups in total. The van der Waals surface area contributed by atoms with E-state index >= 15 is 0 Å². The van der Waals surface area contributed by atoms with Crippen LogP contribution in [0.3, 0.4) is 0 Å². The van der Waals surface area contributed by atoms with Crippen LogP contribution in [-0.4, -0.2) is 6.26 Å². The zero-order valence-electron chi connectivity index (χ0n) is 6.06. The maximum absolute atomic E-state index is 2.27. The Labute approximate surface area is 56.4 Å². The van der Waals surface area contributed by atoms with Gasteiger partial charge in [0.05, 0.1) is 0 Å². The first kappa shape index (κ1) is 8.09. The normalized spacial score (nSPS) is 12.9. The van der Waals surface area contributed by atoms with Gasteiger partial charge in [0.2, 0.25) is 0 Å². The molecule has 0 aliphatic heterocycles. The third-order valence-corrected chi connectivity index (χ3v) is 1.67. The third-order valence-electron chi connectivity index (χ3n) is 0.890. The van der Waals surface area contributed by atoms with Crippen molar-refractivity contribution in [3.63, 3.8) is 0 Å². The maximum atomic E-state index is 2.27. The molecule has 0 rings (SSSR count). The lowest BCUT2D eigenvalue weighted by Crippen LogP contribution is -1.78. The summed E-state index contributed by atoms with van der Waals surface area (Å²) in [5.74, 6) is 0.697. The van der Waals surface area contributed by atoms with Crippen LogP contribution in [0.15, 0.2) is 11.0 Å².